The number of carboxylic acid groups (broad SMARTS) is 2. The number of rotatable bonds is 6. The second-order valence-corrected chi connectivity index (χ2v) is 5.45. The largest absolute Gasteiger partial charge is 0.480 e. The minimum absolute atomic E-state index is 0.0802. The van der Waals surface area contributed by atoms with Crippen LogP contribution in [0.3, 0.4) is 0 Å². The Morgan fingerprint density at radius 2 is 1.62 bits per heavy atom. The zero-order valence-corrected chi connectivity index (χ0v) is 13.2. The monoisotopic (exact) mass is 371 g/mol. The summed E-state index contributed by atoms with van der Waals surface area (Å²) in [6, 6.07) is 5.22. The molecular formula is C15H17NO10. The van der Waals surface area contributed by atoms with Crippen molar-refractivity contribution in [1.82, 2.24) is 5.32 Å². The molecule has 1 fully saturated rings. The SMILES string of the molecule is O=C(O)CNC(=O)c1ccc(OC2OC(C(=O)O)C(O)C(O)C2O)cc1. The molecule has 0 aliphatic carbocycles. The quantitative estimate of drug-likeness (QED) is 0.320. The Kier molecular flexibility index (Phi) is 6.10. The summed E-state index contributed by atoms with van der Waals surface area (Å²) in [4.78, 5) is 33.1. The third-order valence-corrected chi connectivity index (χ3v) is 3.58. The van der Waals surface area contributed by atoms with Gasteiger partial charge >= 0.3 is 11.9 Å². The fourth-order valence-corrected chi connectivity index (χ4v) is 2.23. The molecule has 142 valence electrons. The number of nitrogens with one attached hydrogen (secondary N) is 1. The molecule has 6 N–H and O–H groups in total. The highest BCUT2D eigenvalue weighted by Crippen LogP contribution is 2.24. The summed E-state index contributed by atoms with van der Waals surface area (Å²) in [6.45, 7) is -0.546. The molecule has 0 bridgehead atoms. The van der Waals surface area contributed by atoms with Crippen molar-refractivity contribution in [3.05, 3.63) is 29.8 Å². The number of carboxylic acids is 2. The Morgan fingerprint density at radius 3 is 2.15 bits per heavy atom. The van der Waals surface area contributed by atoms with Crippen molar-refractivity contribution in [3.8, 4) is 5.75 Å². The maximum atomic E-state index is 11.7. The van der Waals surface area contributed by atoms with Gasteiger partial charge in [-0.2, -0.15) is 0 Å². The van der Waals surface area contributed by atoms with E-state index in [1.54, 1.807) is 0 Å². The maximum Gasteiger partial charge on any atom is 0.335 e. The van der Waals surface area contributed by atoms with Crippen molar-refractivity contribution in [1.29, 1.82) is 0 Å². The molecule has 1 aromatic carbocycles. The lowest BCUT2D eigenvalue weighted by molar-refractivity contribution is -0.271. The lowest BCUT2D eigenvalue weighted by atomic mass is 9.99. The molecule has 5 unspecified atom stereocenters. The Labute approximate surface area is 146 Å². The number of aliphatic hydroxyl groups is 3. The van der Waals surface area contributed by atoms with E-state index in [0.29, 0.717) is 0 Å². The van der Waals surface area contributed by atoms with E-state index in [-0.39, 0.29) is 11.3 Å². The predicted octanol–water partition coefficient (Wildman–Crippen LogP) is -2.23. The van der Waals surface area contributed by atoms with Crippen LogP contribution in [0, 0.1) is 0 Å². The minimum Gasteiger partial charge on any atom is -0.480 e. The molecule has 1 saturated heterocycles. The molecule has 2 rings (SSSR count). The van der Waals surface area contributed by atoms with Crippen LogP contribution in [0.4, 0.5) is 0 Å². The van der Waals surface area contributed by atoms with E-state index in [0.717, 1.165) is 0 Å². The highest BCUT2D eigenvalue weighted by Gasteiger charge is 2.48. The average molecular weight is 371 g/mol. The Hall–Kier alpha value is -2.73. The number of hydrogen-bond donors (Lipinski definition) is 6. The summed E-state index contributed by atoms with van der Waals surface area (Å²) in [5.41, 5.74) is 0.141. The zero-order chi connectivity index (χ0) is 19.4. The van der Waals surface area contributed by atoms with E-state index in [1.807, 2.05) is 0 Å². The first-order chi connectivity index (χ1) is 12.2. The molecule has 5 atom stereocenters. The van der Waals surface area contributed by atoms with Crippen molar-refractivity contribution in [3.63, 3.8) is 0 Å². The first kappa shape index (κ1) is 19.6. The van der Waals surface area contributed by atoms with Crippen LogP contribution in [0.2, 0.25) is 0 Å². The second kappa shape index (κ2) is 8.10. The molecule has 26 heavy (non-hydrogen) atoms. The number of ether oxygens (including phenoxy) is 2. The Morgan fingerprint density at radius 1 is 1.00 bits per heavy atom. The maximum absolute atomic E-state index is 11.7. The fourth-order valence-electron chi connectivity index (χ4n) is 2.23. The fraction of sp³-hybridized carbons (Fsp3) is 0.400. The van der Waals surface area contributed by atoms with Gasteiger partial charge in [0.2, 0.25) is 6.29 Å². The van der Waals surface area contributed by atoms with Crippen molar-refractivity contribution < 1.29 is 49.4 Å². The van der Waals surface area contributed by atoms with Gasteiger partial charge in [-0.05, 0) is 24.3 Å². The van der Waals surface area contributed by atoms with Gasteiger partial charge < -0.3 is 40.3 Å². The van der Waals surface area contributed by atoms with Crippen LogP contribution < -0.4 is 10.1 Å². The molecule has 11 nitrogen and oxygen atoms in total. The smallest absolute Gasteiger partial charge is 0.335 e. The summed E-state index contributed by atoms with van der Waals surface area (Å²) >= 11 is 0. The van der Waals surface area contributed by atoms with Crippen molar-refractivity contribution in [2.24, 2.45) is 0 Å². The number of carbonyl (C=O) groups is 3. The molecule has 0 spiro atoms. The topological polar surface area (TPSA) is 183 Å². The van der Waals surface area contributed by atoms with Gasteiger partial charge in [-0.15, -0.1) is 0 Å². The molecule has 1 amide bonds. The van der Waals surface area contributed by atoms with Gasteiger partial charge in [-0.3, -0.25) is 9.59 Å². The highest BCUT2D eigenvalue weighted by atomic mass is 16.7. The third kappa shape index (κ3) is 4.46. The van der Waals surface area contributed by atoms with E-state index in [1.165, 1.54) is 24.3 Å². The summed E-state index contributed by atoms with van der Waals surface area (Å²) in [5.74, 6) is -3.29. The summed E-state index contributed by atoms with van der Waals surface area (Å²) in [7, 11) is 0. The standard InChI is InChI=1S/C15H17NO10/c17-8(18)5-16-13(22)6-1-3-7(4-2-6)25-15-11(21)9(19)10(20)12(26-15)14(23)24/h1-4,9-12,15,19-21H,5H2,(H,16,22)(H,17,18)(H,23,24). The van der Waals surface area contributed by atoms with Crippen LogP contribution in [0.25, 0.3) is 0 Å². The van der Waals surface area contributed by atoms with Crippen LogP contribution in [0.15, 0.2) is 24.3 Å². The molecule has 0 radical (unpaired) electrons. The molecule has 1 aliphatic rings. The summed E-state index contributed by atoms with van der Waals surface area (Å²) < 4.78 is 10.2. The predicted molar refractivity (Wildman–Crippen MR) is 81.4 cm³/mol. The first-order valence-electron chi connectivity index (χ1n) is 7.40. The summed E-state index contributed by atoms with van der Waals surface area (Å²) in [6.07, 6.45) is -8.70. The van der Waals surface area contributed by atoms with E-state index >= 15 is 0 Å². The minimum atomic E-state index is -1.83. The van der Waals surface area contributed by atoms with Crippen LogP contribution in [0.1, 0.15) is 10.4 Å². The lowest BCUT2D eigenvalue weighted by Gasteiger charge is -2.38. The molecule has 1 aliphatic heterocycles. The van der Waals surface area contributed by atoms with E-state index < -0.39 is 55.1 Å². The van der Waals surface area contributed by atoms with Gasteiger partial charge in [0.05, 0.1) is 0 Å². The molecule has 0 aromatic heterocycles. The number of carbonyl (C=O) groups excluding carboxylic acids is 1. The van der Waals surface area contributed by atoms with Crippen molar-refractivity contribution in [2.45, 2.75) is 30.7 Å². The van der Waals surface area contributed by atoms with Gasteiger partial charge in [-0.1, -0.05) is 0 Å². The molecule has 11 heteroatoms. The third-order valence-electron chi connectivity index (χ3n) is 3.58. The van der Waals surface area contributed by atoms with Gasteiger partial charge in [0.25, 0.3) is 5.91 Å². The number of aliphatic carboxylic acids is 2. The highest BCUT2D eigenvalue weighted by molar-refractivity contribution is 5.95. The van der Waals surface area contributed by atoms with E-state index in [2.05, 4.69) is 5.32 Å². The van der Waals surface area contributed by atoms with Crippen LogP contribution in [-0.4, -0.2) is 80.6 Å². The van der Waals surface area contributed by atoms with Crippen molar-refractivity contribution in [2.75, 3.05) is 6.54 Å². The van der Waals surface area contributed by atoms with Gasteiger partial charge in [0, 0.05) is 5.56 Å². The molecular weight excluding hydrogens is 354 g/mol. The van der Waals surface area contributed by atoms with Crippen LogP contribution in [0.5, 0.6) is 5.75 Å². The van der Waals surface area contributed by atoms with Gasteiger partial charge in [-0.25, -0.2) is 4.79 Å². The summed E-state index contributed by atoms with van der Waals surface area (Å²) in [5, 5.41) is 48.8. The van der Waals surface area contributed by atoms with E-state index in [4.69, 9.17) is 19.7 Å². The Bertz CT molecular complexity index is 676. The number of hydrogen-bond acceptors (Lipinski definition) is 8. The normalized spacial score (nSPS) is 28.2. The average Bonchev–Trinajstić information content (AvgIpc) is 2.60. The second-order valence-electron chi connectivity index (χ2n) is 5.45. The van der Waals surface area contributed by atoms with Gasteiger partial charge in [0.15, 0.2) is 6.10 Å². The number of aliphatic hydroxyl groups excluding tert-OH is 3. The molecule has 1 aromatic rings. The Balaban J connectivity index is 2.04. The van der Waals surface area contributed by atoms with E-state index in [9.17, 15) is 29.7 Å². The molecule has 0 saturated carbocycles. The van der Waals surface area contributed by atoms with Gasteiger partial charge in [0.1, 0.15) is 30.6 Å². The first-order valence-corrected chi connectivity index (χ1v) is 7.40. The number of amides is 1. The van der Waals surface area contributed by atoms with Crippen LogP contribution >= 0.6 is 0 Å². The van der Waals surface area contributed by atoms with Crippen molar-refractivity contribution >= 4 is 17.8 Å². The lowest BCUT2D eigenvalue weighted by Crippen LogP contribution is -2.61. The van der Waals surface area contributed by atoms with Crippen LogP contribution in [-0.2, 0) is 14.3 Å². The molecule has 1 heterocycles. The zero-order valence-electron chi connectivity index (χ0n) is 13.2. The number of benzene rings is 1.